The van der Waals surface area contributed by atoms with Crippen molar-refractivity contribution in [3.63, 3.8) is 0 Å². The van der Waals surface area contributed by atoms with Crippen LogP contribution in [0.25, 0.3) is 0 Å². The second-order valence-electron chi connectivity index (χ2n) is 5.71. The molecule has 2 aliphatic rings. The Morgan fingerprint density at radius 2 is 2.00 bits per heavy atom. The van der Waals surface area contributed by atoms with Gasteiger partial charge in [0.05, 0.1) is 6.04 Å². The molecule has 21 heavy (non-hydrogen) atoms. The van der Waals surface area contributed by atoms with E-state index < -0.39 is 5.91 Å². The van der Waals surface area contributed by atoms with Crippen molar-refractivity contribution in [3.8, 4) is 0 Å². The highest BCUT2D eigenvalue weighted by Crippen LogP contribution is 2.40. The standard InChI is InChI=1S/C17H20N2O2/c1-2-13-14-5-3-4-6-15(14)19(17(13)21)12-9-7-11(8-10-12)16(18)20/h7-10,15H,2-6H2,1H3,(H2,18,20). The molecule has 1 aromatic carbocycles. The molecule has 2 N–H and O–H groups in total. The second-order valence-corrected chi connectivity index (χ2v) is 5.71. The quantitative estimate of drug-likeness (QED) is 0.927. The molecule has 1 aliphatic carbocycles. The number of carbonyl (C=O) groups excluding carboxylic acids is 2. The molecule has 1 unspecified atom stereocenters. The lowest BCUT2D eigenvalue weighted by Crippen LogP contribution is -2.36. The number of benzene rings is 1. The van der Waals surface area contributed by atoms with E-state index in [4.69, 9.17) is 5.73 Å². The number of primary amides is 1. The first-order valence-electron chi connectivity index (χ1n) is 7.58. The summed E-state index contributed by atoms with van der Waals surface area (Å²) in [7, 11) is 0. The number of anilines is 1. The van der Waals surface area contributed by atoms with Gasteiger partial charge < -0.3 is 10.6 Å². The molecular formula is C17H20N2O2. The van der Waals surface area contributed by atoms with E-state index >= 15 is 0 Å². The predicted molar refractivity (Wildman–Crippen MR) is 82.0 cm³/mol. The van der Waals surface area contributed by atoms with Crippen LogP contribution in [0.5, 0.6) is 0 Å². The molecule has 0 aromatic heterocycles. The van der Waals surface area contributed by atoms with Crippen molar-refractivity contribution in [3.05, 3.63) is 41.0 Å². The van der Waals surface area contributed by atoms with Crippen molar-refractivity contribution in [2.45, 2.75) is 45.1 Å². The Balaban J connectivity index is 1.95. The maximum Gasteiger partial charge on any atom is 0.254 e. The van der Waals surface area contributed by atoms with Gasteiger partial charge in [-0.2, -0.15) is 0 Å². The molecule has 4 heteroatoms. The van der Waals surface area contributed by atoms with E-state index in [9.17, 15) is 9.59 Å². The summed E-state index contributed by atoms with van der Waals surface area (Å²) < 4.78 is 0. The van der Waals surface area contributed by atoms with Crippen molar-refractivity contribution in [1.29, 1.82) is 0 Å². The summed E-state index contributed by atoms with van der Waals surface area (Å²) in [5.74, 6) is -0.314. The highest BCUT2D eigenvalue weighted by atomic mass is 16.2. The molecule has 2 amide bonds. The Kier molecular flexibility index (Phi) is 3.53. The first-order valence-corrected chi connectivity index (χ1v) is 7.58. The molecule has 1 heterocycles. The Hall–Kier alpha value is -2.10. The molecule has 0 radical (unpaired) electrons. The summed E-state index contributed by atoms with van der Waals surface area (Å²) in [6, 6.07) is 7.24. The van der Waals surface area contributed by atoms with Crippen molar-refractivity contribution in [1.82, 2.24) is 0 Å². The molecule has 1 fully saturated rings. The first-order chi connectivity index (χ1) is 10.1. The molecule has 4 nitrogen and oxygen atoms in total. The van der Waals surface area contributed by atoms with E-state index in [1.807, 2.05) is 24.0 Å². The predicted octanol–water partition coefficient (Wildman–Crippen LogP) is 2.78. The van der Waals surface area contributed by atoms with E-state index in [1.54, 1.807) is 12.1 Å². The Morgan fingerprint density at radius 3 is 2.62 bits per heavy atom. The van der Waals surface area contributed by atoms with Crippen molar-refractivity contribution in [2.24, 2.45) is 5.73 Å². The highest BCUT2D eigenvalue weighted by molar-refractivity contribution is 6.10. The van der Waals surface area contributed by atoms with Crippen molar-refractivity contribution >= 4 is 17.5 Å². The number of nitrogens with zero attached hydrogens (tertiary/aromatic N) is 1. The van der Waals surface area contributed by atoms with E-state index in [2.05, 4.69) is 0 Å². The fourth-order valence-electron chi connectivity index (χ4n) is 3.52. The van der Waals surface area contributed by atoms with Gasteiger partial charge in [-0.25, -0.2) is 0 Å². The number of nitrogens with two attached hydrogens (primary N) is 1. The minimum Gasteiger partial charge on any atom is -0.366 e. The van der Waals surface area contributed by atoms with Gasteiger partial charge >= 0.3 is 0 Å². The maximum absolute atomic E-state index is 12.7. The van der Waals surface area contributed by atoms with Crippen LogP contribution in [-0.4, -0.2) is 17.9 Å². The molecule has 0 saturated heterocycles. The largest absolute Gasteiger partial charge is 0.366 e. The van der Waals surface area contributed by atoms with Gasteiger partial charge in [-0.1, -0.05) is 13.3 Å². The molecule has 0 spiro atoms. The first kappa shape index (κ1) is 13.9. The Bertz CT molecular complexity index is 616. The number of rotatable bonds is 3. The van der Waals surface area contributed by atoms with Crippen LogP contribution in [0.4, 0.5) is 5.69 Å². The number of hydrogen-bond donors (Lipinski definition) is 1. The van der Waals surface area contributed by atoms with Crippen LogP contribution in [0.1, 0.15) is 49.4 Å². The molecular weight excluding hydrogens is 264 g/mol. The van der Waals surface area contributed by atoms with Crippen LogP contribution >= 0.6 is 0 Å². The summed E-state index contributed by atoms with van der Waals surface area (Å²) in [6.07, 6.45) is 5.20. The van der Waals surface area contributed by atoms with E-state index in [0.717, 1.165) is 36.9 Å². The van der Waals surface area contributed by atoms with Gasteiger partial charge in [0.1, 0.15) is 0 Å². The smallest absolute Gasteiger partial charge is 0.254 e. The zero-order valence-corrected chi connectivity index (χ0v) is 12.3. The van der Waals surface area contributed by atoms with Crippen molar-refractivity contribution < 1.29 is 9.59 Å². The molecule has 1 atom stereocenters. The lowest BCUT2D eigenvalue weighted by atomic mass is 9.88. The van der Waals surface area contributed by atoms with Crippen LogP contribution in [0.2, 0.25) is 0 Å². The summed E-state index contributed by atoms with van der Waals surface area (Å²) in [5, 5.41) is 0. The lowest BCUT2D eigenvalue weighted by Gasteiger charge is -2.30. The van der Waals surface area contributed by atoms with Gasteiger partial charge in [0.15, 0.2) is 0 Å². The molecule has 1 aliphatic heterocycles. The zero-order valence-electron chi connectivity index (χ0n) is 12.3. The average molecular weight is 284 g/mol. The number of carbonyl (C=O) groups is 2. The minimum atomic E-state index is -0.444. The third-order valence-electron chi connectivity index (χ3n) is 4.54. The van der Waals surface area contributed by atoms with Gasteiger partial charge in [-0.05, 0) is 55.5 Å². The average Bonchev–Trinajstić information content (AvgIpc) is 2.78. The van der Waals surface area contributed by atoms with Crippen molar-refractivity contribution in [2.75, 3.05) is 4.90 Å². The lowest BCUT2D eigenvalue weighted by molar-refractivity contribution is -0.114. The van der Waals surface area contributed by atoms with Crippen LogP contribution in [0, 0.1) is 0 Å². The maximum atomic E-state index is 12.7. The monoisotopic (exact) mass is 284 g/mol. The highest BCUT2D eigenvalue weighted by Gasteiger charge is 2.39. The fraction of sp³-hybridized carbons (Fsp3) is 0.412. The van der Waals surface area contributed by atoms with Gasteiger partial charge in [0.2, 0.25) is 5.91 Å². The molecule has 110 valence electrons. The Morgan fingerprint density at radius 1 is 1.29 bits per heavy atom. The zero-order chi connectivity index (χ0) is 15.0. The SMILES string of the molecule is CCC1=C2CCCCC2N(c2ccc(C(N)=O)cc2)C1=O. The number of fused-ring (bicyclic) bond motifs is 1. The summed E-state index contributed by atoms with van der Waals surface area (Å²) in [4.78, 5) is 25.8. The summed E-state index contributed by atoms with van der Waals surface area (Å²) >= 11 is 0. The third-order valence-corrected chi connectivity index (χ3v) is 4.54. The van der Waals surface area contributed by atoms with Crippen LogP contribution in [0.15, 0.2) is 35.4 Å². The molecule has 0 bridgehead atoms. The fourth-order valence-corrected chi connectivity index (χ4v) is 3.52. The van der Waals surface area contributed by atoms with E-state index in [1.165, 1.54) is 12.0 Å². The molecule has 1 saturated carbocycles. The number of amides is 2. The van der Waals surface area contributed by atoms with E-state index in [-0.39, 0.29) is 11.9 Å². The third kappa shape index (κ3) is 2.24. The van der Waals surface area contributed by atoms with Crippen LogP contribution in [0.3, 0.4) is 0 Å². The normalized spacial score (nSPS) is 21.7. The van der Waals surface area contributed by atoms with E-state index in [0.29, 0.717) is 5.56 Å². The van der Waals surface area contributed by atoms with Gasteiger partial charge in [0, 0.05) is 16.8 Å². The van der Waals surface area contributed by atoms with Gasteiger partial charge in [0.25, 0.3) is 5.91 Å². The summed E-state index contributed by atoms with van der Waals surface area (Å²) in [5.41, 5.74) is 8.91. The Labute approximate surface area is 124 Å². The van der Waals surface area contributed by atoms with Crippen LogP contribution < -0.4 is 10.6 Å². The van der Waals surface area contributed by atoms with Crippen LogP contribution in [-0.2, 0) is 4.79 Å². The number of hydrogen-bond acceptors (Lipinski definition) is 2. The minimum absolute atomic E-state index is 0.131. The molecule has 1 aromatic rings. The van der Waals surface area contributed by atoms with Gasteiger partial charge in [-0.15, -0.1) is 0 Å². The second kappa shape index (κ2) is 5.35. The summed E-state index contributed by atoms with van der Waals surface area (Å²) in [6.45, 7) is 2.05. The van der Waals surface area contributed by atoms with Gasteiger partial charge in [-0.3, -0.25) is 9.59 Å². The molecule has 3 rings (SSSR count). The topological polar surface area (TPSA) is 63.4 Å².